The molecule has 0 aliphatic carbocycles. The van der Waals surface area contributed by atoms with E-state index in [9.17, 15) is 9.59 Å². The van der Waals surface area contributed by atoms with Gasteiger partial charge in [0.15, 0.2) is 5.11 Å². The summed E-state index contributed by atoms with van der Waals surface area (Å²) in [6.45, 7) is 3.63. The normalized spacial score (nSPS) is 16.7. The molecule has 1 fully saturated rings. The van der Waals surface area contributed by atoms with Gasteiger partial charge in [0.25, 0.3) is 11.8 Å². The lowest BCUT2D eigenvalue weighted by Gasteiger charge is -2.29. The van der Waals surface area contributed by atoms with E-state index in [2.05, 4.69) is 5.32 Å². The third kappa shape index (κ3) is 2.98. The molecule has 1 aliphatic heterocycles. The number of hydrogen-bond acceptors (Lipinski definition) is 4. The number of halogens is 1. The lowest BCUT2D eigenvalue weighted by molar-refractivity contribution is -0.122. The van der Waals surface area contributed by atoms with Crippen LogP contribution in [0.5, 0.6) is 0 Å². The Hall–Kier alpha value is -2.44. The smallest absolute Gasteiger partial charge is 0.270 e. The quantitative estimate of drug-likeness (QED) is 0.506. The summed E-state index contributed by atoms with van der Waals surface area (Å²) in [5, 5.41) is 3.03. The number of hydrogen-bond donors (Lipinski definition) is 1. The molecule has 1 aliphatic rings. The lowest BCUT2D eigenvalue weighted by atomic mass is 10.1. The van der Waals surface area contributed by atoms with Crippen LogP contribution in [0.4, 0.5) is 5.69 Å². The second-order valence-electron chi connectivity index (χ2n) is 5.34. The molecule has 0 unspecified atom stereocenters. The molecular weight excluding hydrogens is 348 g/mol. The Morgan fingerprint density at radius 2 is 1.96 bits per heavy atom. The van der Waals surface area contributed by atoms with Crippen molar-refractivity contribution < 1.29 is 14.0 Å². The van der Waals surface area contributed by atoms with Crippen molar-refractivity contribution in [3.8, 4) is 0 Å². The summed E-state index contributed by atoms with van der Waals surface area (Å²) in [7, 11) is 0. The predicted molar refractivity (Wildman–Crippen MR) is 95.8 cm³/mol. The van der Waals surface area contributed by atoms with Gasteiger partial charge >= 0.3 is 0 Å². The van der Waals surface area contributed by atoms with Crippen molar-refractivity contribution in [3.63, 3.8) is 0 Å². The van der Waals surface area contributed by atoms with Crippen LogP contribution < -0.4 is 10.2 Å². The Kier molecular flexibility index (Phi) is 4.26. The monoisotopic (exact) mass is 360 g/mol. The van der Waals surface area contributed by atoms with Crippen LogP contribution in [0.2, 0.25) is 5.02 Å². The van der Waals surface area contributed by atoms with Crippen LogP contribution in [-0.2, 0) is 9.59 Å². The van der Waals surface area contributed by atoms with E-state index in [-0.39, 0.29) is 10.7 Å². The second kappa shape index (κ2) is 6.22. The molecule has 0 radical (unpaired) electrons. The molecule has 1 N–H and O–H groups in total. The standard InChI is InChI=1S/C17H13ClN2O3S/c1-9-3-5-11(7-14(9)18)20-16(22)13(15(21)19-17(20)24)8-12-6-4-10(2)23-12/h3-8H,1-2H3,(H,19,21,24)/b13-8+. The summed E-state index contributed by atoms with van der Waals surface area (Å²) >= 11 is 11.3. The number of anilines is 1. The maximum Gasteiger partial charge on any atom is 0.270 e. The van der Waals surface area contributed by atoms with E-state index in [0.717, 1.165) is 5.56 Å². The maximum atomic E-state index is 12.8. The maximum absolute atomic E-state index is 12.8. The number of nitrogens with one attached hydrogen (secondary N) is 1. The zero-order valence-corrected chi connectivity index (χ0v) is 14.5. The van der Waals surface area contributed by atoms with Crippen molar-refractivity contribution in [2.45, 2.75) is 13.8 Å². The number of carbonyl (C=O) groups excluding carboxylic acids is 2. The number of carbonyl (C=O) groups is 2. The highest BCUT2D eigenvalue weighted by Crippen LogP contribution is 2.26. The molecule has 122 valence electrons. The molecule has 7 heteroatoms. The average molecular weight is 361 g/mol. The Morgan fingerprint density at radius 3 is 2.58 bits per heavy atom. The van der Waals surface area contributed by atoms with Gasteiger partial charge in [-0.15, -0.1) is 0 Å². The van der Waals surface area contributed by atoms with Crippen molar-refractivity contribution in [2.75, 3.05) is 4.90 Å². The molecule has 3 rings (SSSR count). The summed E-state index contributed by atoms with van der Waals surface area (Å²) in [6, 6.07) is 8.57. The van der Waals surface area contributed by atoms with Gasteiger partial charge in [0.1, 0.15) is 17.1 Å². The van der Waals surface area contributed by atoms with E-state index in [4.69, 9.17) is 28.2 Å². The number of thiocarbonyl (C=S) groups is 1. The van der Waals surface area contributed by atoms with Gasteiger partial charge in [-0.3, -0.25) is 19.8 Å². The van der Waals surface area contributed by atoms with Crippen molar-refractivity contribution in [2.24, 2.45) is 0 Å². The van der Waals surface area contributed by atoms with Crippen LogP contribution in [0.15, 0.2) is 40.3 Å². The molecule has 2 aromatic rings. The molecule has 1 saturated heterocycles. The lowest BCUT2D eigenvalue weighted by Crippen LogP contribution is -2.54. The molecule has 24 heavy (non-hydrogen) atoms. The summed E-state index contributed by atoms with van der Waals surface area (Å²) in [4.78, 5) is 26.2. The third-order valence-corrected chi connectivity index (χ3v) is 4.25. The highest BCUT2D eigenvalue weighted by Gasteiger charge is 2.34. The number of nitrogens with zero attached hydrogens (tertiary/aromatic N) is 1. The number of benzene rings is 1. The van der Waals surface area contributed by atoms with Crippen molar-refractivity contribution in [3.05, 3.63) is 58.0 Å². The number of amides is 2. The molecular formula is C17H13ClN2O3S. The summed E-state index contributed by atoms with van der Waals surface area (Å²) in [6.07, 6.45) is 1.40. The molecule has 0 spiro atoms. The summed E-state index contributed by atoms with van der Waals surface area (Å²) in [5.41, 5.74) is 1.30. The zero-order valence-electron chi connectivity index (χ0n) is 12.9. The Morgan fingerprint density at radius 1 is 1.21 bits per heavy atom. The highest BCUT2D eigenvalue weighted by atomic mass is 35.5. The van der Waals surface area contributed by atoms with Crippen LogP contribution in [0.1, 0.15) is 17.1 Å². The van der Waals surface area contributed by atoms with Gasteiger partial charge in [-0.2, -0.15) is 0 Å². The average Bonchev–Trinajstić information content (AvgIpc) is 2.92. The van der Waals surface area contributed by atoms with E-state index >= 15 is 0 Å². The molecule has 0 atom stereocenters. The van der Waals surface area contributed by atoms with Crippen molar-refractivity contribution >= 4 is 52.5 Å². The third-order valence-electron chi connectivity index (χ3n) is 3.56. The van der Waals surface area contributed by atoms with E-state index in [0.29, 0.717) is 22.2 Å². The van der Waals surface area contributed by atoms with Gasteiger partial charge in [-0.05, 0) is 62.0 Å². The van der Waals surface area contributed by atoms with Crippen LogP contribution in [0, 0.1) is 13.8 Å². The Balaban J connectivity index is 2.02. The van der Waals surface area contributed by atoms with Crippen molar-refractivity contribution in [1.29, 1.82) is 0 Å². The van der Waals surface area contributed by atoms with Gasteiger partial charge in [0.2, 0.25) is 0 Å². The molecule has 1 aromatic carbocycles. The van der Waals surface area contributed by atoms with Crippen LogP contribution in [0.25, 0.3) is 6.08 Å². The molecule has 2 amide bonds. The van der Waals surface area contributed by atoms with Gasteiger partial charge in [-0.25, -0.2) is 0 Å². The van der Waals surface area contributed by atoms with Gasteiger partial charge < -0.3 is 4.42 Å². The van der Waals surface area contributed by atoms with Gasteiger partial charge in [0.05, 0.1) is 5.69 Å². The minimum atomic E-state index is -0.562. The molecule has 5 nitrogen and oxygen atoms in total. The SMILES string of the molecule is Cc1ccc(/C=C2\C(=O)NC(=S)N(c3ccc(C)c(Cl)c3)C2=O)o1. The molecule has 0 saturated carbocycles. The summed E-state index contributed by atoms with van der Waals surface area (Å²) in [5.74, 6) is 0.00940. The topological polar surface area (TPSA) is 62.6 Å². The Bertz CT molecular complexity index is 901. The first-order valence-electron chi connectivity index (χ1n) is 7.11. The van der Waals surface area contributed by atoms with Crippen LogP contribution in [-0.4, -0.2) is 16.9 Å². The van der Waals surface area contributed by atoms with E-state index in [1.165, 1.54) is 11.0 Å². The largest absolute Gasteiger partial charge is 0.462 e. The highest BCUT2D eigenvalue weighted by molar-refractivity contribution is 7.80. The zero-order chi connectivity index (χ0) is 17.4. The van der Waals surface area contributed by atoms with Crippen molar-refractivity contribution in [1.82, 2.24) is 5.32 Å². The van der Waals surface area contributed by atoms with Crippen LogP contribution in [0.3, 0.4) is 0 Å². The van der Waals surface area contributed by atoms with Gasteiger partial charge in [0, 0.05) is 5.02 Å². The van der Waals surface area contributed by atoms with Crippen LogP contribution >= 0.6 is 23.8 Å². The Labute approximate surface area is 148 Å². The fourth-order valence-electron chi connectivity index (χ4n) is 2.29. The second-order valence-corrected chi connectivity index (χ2v) is 6.13. The van der Waals surface area contributed by atoms with E-state index < -0.39 is 11.8 Å². The molecule has 0 bridgehead atoms. The first-order valence-corrected chi connectivity index (χ1v) is 7.89. The predicted octanol–water partition coefficient (Wildman–Crippen LogP) is 3.38. The fourth-order valence-corrected chi connectivity index (χ4v) is 2.74. The van der Waals surface area contributed by atoms with Gasteiger partial charge in [-0.1, -0.05) is 17.7 Å². The molecule has 1 aromatic heterocycles. The number of aryl methyl sites for hydroxylation is 2. The first-order chi connectivity index (χ1) is 11.4. The van der Waals surface area contributed by atoms with E-state index in [1.807, 2.05) is 6.92 Å². The minimum Gasteiger partial charge on any atom is -0.462 e. The van der Waals surface area contributed by atoms with E-state index in [1.54, 1.807) is 37.3 Å². The number of furan rings is 1. The molecule has 2 heterocycles. The first kappa shape index (κ1) is 16.4. The summed E-state index contributed by atoms with van der Waals surface area (Å²) < 4.78 is 5.40. The minimum absolute atomic E-state index is 0.0118. The number of rotatable bonds is 2. The fraction of sp³-hybridized carbons (Fsp3) is 0.118.